The molecule has 2 aliphatic carbocycles. The fourth-order valence-corrected chi connectivity index (χ4v) is 4.21. The van der Waals surface area contributed by atoms with E-state index in [1.807, 2.05) is 0 Å². The molecule has 6 nitrogen and oxygen atoms in total. The van der Waals surface area contributed by atoms with Gasteiger partial charge in [-0.15, -0.1) is 0 Å². The molecule has 4 rings (SSSR count). The normalized spacial score (nSPS) is 16.6. The minimum absolute atomic E-state index is 0.0755. The van der Waals surface area contributed by atoms with Crippen LogP contribution in [0.5, 0.6) is 0 Å². The van der Waals surface area contributed by atoms with Crippen molar-refractivity contribution in [3.8, 4) is 0 Å². The molecule has 2 aliphatic rings. The molecule has 2 saturated carbocycles. The molecule has 0 radical (unpaired) electrons. The van der Waals surface area contributed by atoms with Crippen molar-refractivity contribution in [2.24, 2.45) is 11.8 Å². The van der Waals surface area contributed by atoms with Crippen molar-refractivity contribution < 1.29 is 27.8 Å². The first kappa shape index (κ1) is 25.7. The molecule has 2 fully saturated rings. The first-order valence-corrected chi connectivity index (χ1v) is 11.9. The Balaban J connectivity index is 0.000000191. The average Bonchev–Trinajstić information content (AvgIpc) is 3.70. The van der Waals surface area contributed by atoms with E-state index in [2.05, 4.69) is 9.97 Å². The van der Waals surface area contributed by atoms with Crippen LogP contribution in [0.25, 0.3) is 0 Å². The number of halogens is 2. The number of esters is 2. The van der Waals surface area contributed by atoms with Crippen molar-refractivity contribution in [2.75, 3.05) is 13.2 Å². The standard InChI is InChI=1S/2C13H16FNO2/c2*1-2-17-13(16)8-11(9-3-4-9)10-5-6-15-12(14)7-10/h2*5-7,9,11H,2-4,8H2,1H3/t2*11-/m10/s1. The van der Waals surface area contributed by atoms with Gasteiger partial charge in [0.25, 0.3) is 0 Å². The van der Waals surface area contributed by atoms with E-state index < -0.39 is 11.9 Å². The Morgan fingerprint density at radius 1 is 0.824 bits per heavy atom. The van der Waals surface area contributed by atoms with E-state index in [0.717, 1.165) is 36.8 Å². The SMILES string of the molecule is CCOC(=O)C[C@@H](c1ccnc(F)c1)C1CC1.CCOC(=O)C[C@H](c1ccnc(F)c1)C1CC1. The highest BCUT2D eigenvalue weighted by Crippen LogP contribution is 2.45. The number of aromatic nitrogens is 2. The number of ether oxygens (including phenoxy) is 2. The first-order valence-electron chi connectivity index (χ1n) is 11.9. The number of nitrogens with zero attached hydrogens (tertiary/aromatic N) is 2. The van der Waals surface area contributed by atoms with E-state index in [0.29, 0.717) is 37.9 Å². The third-order valence-corrected chi connectivity index (χ3v) is 6.12. The van der Waals surface area contributed by atoms with Crippen molar-refractivity contribution in [2.45, 2.75) is 64.2 Å². The van der Waals surface area contributed by atoms with Gasteiger partial charge in [-0.2, -0.15) is 8.78 Å². The molecule has 2 aromatic rings. The molecule has 0 amide bonds. The fraction of sp³-hybridized carbons (Fsp3) is 0.538. The smallest absolute Gasteiger partial charge is 0.306 e. The Labute approximate surface area is 199 Å². The largest absolute Gasteiger partial charge is 0.466 e. The van der Waals surface area contributed by atoms with E-state index in [9.17, 15) is 18.4 Å². The lowest BCUT2D eigenvalue weighted by Gasteiger charge is -2.15. The Kier molecular flexibility index (Phi) is 9.48. The summed E-state index contributed by atoms with van der Waals surface area (Å²) in [5.74, 6) is -0.266. The molecule has 0 saturated heterocycles. The lowest BCUT2D eigenvalue weighted by atomic mass is 9.92. The summed E-state index contributed by atoms with van der Waals surface area (Å²) in [6.07, 6.45) is 7.99. The molecule has 0 N–H and O–H groups in total. The summed E-state index contributed by atoms with van der Waals surface area (Å²) in [4.78, 5) is 30.1. The summed E-state index contributed by atoms with van der Waals surface area (Å²) >= 11 is 0. The summed E-state index contributed by atoms with van der Waals surface area (Å²) in [6.45, 7) is 4.36. The van der Waals surface area contributed by atoms with Crippen molar-refractivity contribution in [1.29, 1.82) is 0 Å². The van der Waals surface area contributed by atoms with Gasteiger partial charge in [0.2, 0.25) is 11.9 Å². The van der Waals surface area contributed by atoms with Gasteiger partial charge < -0.3 is 9.47 Å². The zero-order valence-corrected chi connectivity index (χ0v) is 19.7. The van der Waals surface area contributed by atoms with Crippen molar-refractivity contribution in [3.63, 3.8) is 0 Å². The van der Waals surface area contributed by atoms with Crippen LogP contribution < -0.4 is 0 Å². The maximum atomic E-state index is 13.1. The van der Waals surface area contributed by atoms with Crippen LogP contribution in [0, 0.1) is 23.7 Å². The molecule has 2 heterocycles. The van der Waals surface area contributed by atoms with Crippen molar-refractivity contribution in [3.05, 3.63) is 59.7 Å². The summed E-state index contributed by atoms with van der Waals surface area (Å²) < 4.78 is 36.0. The van der Waals surface area contributed by atoms with Gasteiger partial charge in [0.05, 0.1) is 26.1 Å². The van der Waals surface area contributed by atoms with Crippen LogP contribution in [0.3, 0.4) is 0 Å². The molecular formula is C26H32F2N2O4. The monoisotopic (exact) mass is 474 g/mol. The molecule has 34 heavy (non-hydrogen) atoms. The zero-order valence-electron chi connectivity index (χ0n) is 19.7. The highest BCUT2D eigenvalue weighted by Gasteiger charge is 2.35. The molecule has 0 bridgehead atoms. The maximum Gasteiger partial charge on any atom is 0.306 e. The highest BCUT2D eigenvalue weighted by atomic mass is 19.1. The van der Waals surface area contributed by atoms with Crippen LogP contribution in [0.1, 0.15) is 75.3 Å². The Morgan fingerprint density at radius 2 is 1.21 bits per heavy atom. The molecule has 2 aromatic heterocycles. The third kappa shape index (κ3) is 8.15. The molecular weight excluding hydrogens is 442 g/mol. The van der Waals surface area contributed by atoms with Crippen LogP contribution in [-0.2, 0) is 19.1 Å². The molecule has 0 aromatic carbocycles. The summed E-state index contributed by atoms with van der Waals surface area (Å²) in [7, 11) is 0. The minimum Gasteiger partial charge on any atom is -0.466 e. The number of hydrogen-bond acceptors (Lipinski definition) is 6. The van der Waals surface area contributed by atoms with Gasteiger partial charge in [0.15, 0.2) is 0 Å². The van der Waals surface area contributed by atoms with E-state index in [4.69, 9.17) is 9.47 Å². The maximum absolute atomic E-state index is 13.1. The van der Waals surface area contributed by atoms with Crippen molar-refractivity contribution >= 4 is 11.9 Å². The van der Waals surface area contributed by atoms with Gasteiger partial charge in [0.1, 0.15) is 0 Å². The van der Waals surface area contributed by atoms with Gasteiger partial charge in [-0.1, -0.05) is 0 Å². The molecule has 0 aliphatic heterocycles. The van der Waals surface area contributed by atoms with Gasteiger partial charge in [-0.05, 0) is 98.6 Å². The summed E-state index contributed by atoms with van der Waals surface area (Å²) in [5, 5.41) is 0. The van der Waals surface area contributed by atoms with Crippen LogP contribution in [0.4, 0.5) is 8.78 Å². The van der Waals surface area contributed by atoms with Gasteiger partial charge in [-0.25, -0.2) is 9.97 Å². The summed E-state index contributed by atoms with van der Waals surface area (Å²) in [5.41, 5.74) is 1.71. The van der Waals surface area contributed by atoms with Crippen LogP contribution in [-0.4, -0.2) is 35.1 Å². The van der Waals surface area contributed by atoms with Crippen LogP contribution >= 0.6 is 0 Å². The number of carbonyl (C=O) groups is 2. The molecule has 184 valence electrons. The topological polar surface area (TPSA) is 78.4 Å². The summed E-state index contributed by atoms with van der Waals surface area (Å²) in [6, 6.07) is 6.40. The second-order valence-corrected chi connectivity index (χ2v) is 8.73. The van der Waals surface area contributed by atoms with E-state index in [1.54, 1.807) is 26.0 Å². The average molecular weight is 475 g/mol. The first-order chi connectivity index (χ1) is 16.4. The van der Waals surface area contributed by atoms with E-state index in [-0.39, 0.29) is 23.8 Å². The van der Waals surface area contributed by atoms with Gasteiger partial charge in [0, 0.05) is 12.4 Å². The molecule has 0 spiro atoms. The van der Waals surface area contributed by atoms with Gasteiger partial charge >= 0.3 is 11.9 Å². The zero-order chi connectivity index (χ0) is 24.5. The second-order valence-electron chi connectivity index (χ2n) is 8.73. The molecule has 8 heteroatoms. The van der Waals surface area contributed by atoms with Crippen LogP contribution in [0.2, 0.25) is 0 Å². The van der Waals surface area contributed by atoms with Crippen molar-refractivity contribution in [1.82, 2.24) is 9.97 Å². The Bertz CT molecular complexity index is 886. The number of rotatable bonds is 10. The van der Waals surface area contributed by atoms with Crippen LogP contribution in [0.15, 0.2) is 36.7 Å². The lowest BCUT2D eigenvalue weighted by Crippen LogP contribution is -2.12. The number of carbonyl (C=O) groups excluding carboxylic acids is 2. The lowest BCUT2D eigenvalue weighted by molar-refractivity contribution is -0.144. The van der Waals surface area contributed by atoms with Gasteiger partial charge in [-0.3, -0.25) is 9.59 Å². The number of pyridine rings is 2. The Hall–Kier alpha value is -2.90. The quantitative estimate of drug-likeness (QED) is 0.342. The molecule has 2 atom stereocenters. The minimum atomic E-state index is -0.489. The predicted molar refractivity (Wildman–Crippen MR) is 122 cm³/mol. The van der Waals surface area contributed by atoms with E-state index in [1.165, 1.54) is 24.5 Å². The number of hydrogen-bond donors (Lipinski definition) is 0. The third-order valence-electron chi connectivity index (χ3n) is 6.12. The second kappa shape index (κ2) is 12.5. The highest BCUT2D eigenvalue weighted by molar-refractivity contribution is 5.71. The Morgan fingerprint density at radius 3 is 1.50 bits per heavy atom. The molecule has 0 unspecified atom stereocenters. The predicted octanol–water partition coefficient (Wildman–Crippen LogP) is 5.34. The fourth-order valence-electron chi connectivity index (χ4n) is 4.21. The van der Waals surface area contributed by atoms with E-state index >= 15 is 0 Å².